The summed E-state index contributed by atoms with van der Waals surface area (Å²) in [5, 5.41) is 18.9. The molecule has 4 unspecified atom stereocenters. The summed E-state index contributed by atoms with van der Waals surface area (Å²) in [7, 11) is 0. The molecule has 0 aromatic carbocycles. The second kappa shape index (κ2) is 3.89. The number of rotatable bonds is 2. The average molecular weight is 200 g/mol. The van der Waals surface area contributed by atoms with Crippen molar-refractivity contribution in [2.75, 3.05) is 0 Å². The molecule has 0 spiro atoms. The van der Waals surface area contributed by atoms with Gasteiger partial charge in [-0.1, -0.05) is 26.7 Å². The number of carbonyl (C=O) groups is 1. The van der Waals surface area contributed by atoms with Gasteiger partial charge in [-0.15, -0.1) is 0 Å². The molecule has 1 rings (SSSR count). The SMILES string of the molecule is CC1CCCC(C(C)(O)C(=O)O)C1C. The quantitative estimate of drug-likeness (QED) is 0.715. The average Bonchev–Trinajstić information content (AvgIpc) is 2.09. The Morgan fingerprint density at radius 2 is 1.93 bits per heavy atom. The lowest BCUT2D eigenvalue weighted by molar-refractivity contribution is -0.167. The molecule has 1 fully saturated rings. The Bertz CT molecular complexity index is 223. The van der Waals surface area contributed by atoms with Crippen molar-refractivity contribution in [3.05, 3.63) is 0 Å². The summed E-state index contributed by atoms with van der Waals surface area (Å²) in [5.41, 5.74) is -1.56. The molecule has 82 valence electrons. The summed E-state index contributed by atoms with van der Waals surface area (Å²) in [4.78, 5) is 10.9. The van der Waals surface area contributed by atoms with Crippen LogP contribution in [0.15, 0.2) is 0 Å². The molecule has 0 aromatic rings. The van der Waals surface area contributed by atoms with Crippen LogP contribution in [0.25, 0.3) is 0 Å². The maximum absolute atomic E-state index is 10.9. The van der Waals surface area contributed by atoms with Gasteiger partial charge in [-0.05, 0) is 25.2 Å². The summed E-state index contributed by atoms with van der Waals surface area (Å²) in [6, 6.07) is 0. The number of aliphatic carboxylic acids is 1. The van der Waals surface area contributed by atoms with Crippen LogP contribution >= 0.6 is 0 Å². The van der Waals surface area contributed by atoms with Crippen LogP contribution in [0.4, 0.5) is 0 Å². The molecule has 1 aliphatic carbocycles. The van der Waals surface area contributed by atoms with Crippen molar-refractivity contribution >= 4 is 5.97 Å². The first-order chi connectivity index (χ1) is 6.37. The van der Waals surface area contributed by atoms with Crippen LogP contribution < -0.4 is 0 Å². The maximum Gasteiger partial charge on any atom is 0.335 e. The van der Waals surface area contributed by atoms with Gasteiger partial charge in [-0.25, -0.2) is 4.79 Å². The normalized spacial score (nSPS) is 37.6. The van der Waals surface area contributed by atoms with Crippen LogP contribution in [-0.4, -0.2) is 21.8 Å². The Morgan fingerprint density at radius 3 is 2.43 bits per heavy atom. The largest absolute Gasteiger partial charge is 0.479 e. The minimum Gasteiger partial charge on any atom is -0.479 e. The molecule has 3 heteroatoms. The molecule has 0 heterocycles. The molecule has 4 atom stereocenters. The predicted octanol–water partition coefficient (Wildman–Crippen LogP) is 1.89. The van der Waals surface area contributed by atoms with Crippen LogP contribution in [-0.2, 0) is 4.79 Å². The van der Waals surface area contributed by atoms with E-state index < -0.39 is 11.6 Å². The van der Waals surface area contributed by atoms with Gasteiger partial charge >= 0.3 is 5.97 Å². The summed E-state index contributed by atoms with van der Waals surface area (Å²) < 4.78 is 0. The Morgan fingerprint density at radius 1 is 1.36 bits per heavy atom. The third kappa shape index (κ3) is 1.92. The number of carboxylic acid groups (broad SMARTS) is 1. The van der Waals surface area contributed by atoms with Crippen LogP contribution in [0.1, 0.15) is 40.0 Å². The summed E-state index contributed by atoms with van der Waals surface area (Å²) in [6.07, 6.45) is 3.00. The predicted molar refractivity (Wildman–Crippen MR) is 53.9 cm³/mol. The van der Waals surface area contributed by atoms with Gasteiger partial charge in [0.05, 0.1) is 0 Å². The van der Waals surface area contributed by atoms with E-state index in [1.165, 1.54) is 6.92 Å². The van der Waals surface area contributed by atoms with Gasteiger partial charge in [0.15, 0.2) is 5.60 Å². The minimum atomic E-state index is -1.56. The number of hydrogen-bond donors (Lipinski definition) is 2. The standard InChI is InChI=1S/C11H20O3/c1-7-5-4-6-9(8(7)2)11(3,14)10(12)13/h7-9,14H,4-6H2,1-3H3,(H,12,13). The van der Waals surface area contributed by atoms with E-state index in [4.69, 9.17) is 5.11 Å². The molecule has 2 N–H and O–H groups in total. The highest BCUT2D eigenvalue weighted by Gasteiger charge is 2.44. The Kier molecular flexibility index (Phi) is 3.20. The van der Waals surface area contributed by atoms with Crippen molar-refractivity contribution in [1.82, 2.24) is 0 Å². The van der Waals surface area contributed by atoms with E-state index in [9.17, 15) is 9.90 Å². The van der Waals surface area contributed by atoms with E-state index in [2.05, 4.69) is 6.92 Å². The summed E-state index contributed by atoms with van der Waals surface area (Å²) >= 11 is 0. The van der Waals surface area contributed by atoms with Gasteiger partial charge in [-0.3, -0.25) is 0 Å². The van der Waals surface area contributed by atoms with Gasteiger partial charge in [0, 0.05) is 5.92 Å². The molecule has 0 bridgehead atoms. The van der Waals surface area contributed by atoms with Crippen molar-refractivity contribution in [2.24, 2.45) is 17.8 Å². The van der Waals surface area contributed by atoms with Gasteiger partial charge in [-0.2, -0.15) is 0 Å². The fraction of sp³-hybridized carbons (Fsp3) is 0.909. The second-order valence-electron chi connectivity index (χ2n) is 4.83. The van der Waals surface area contributed by atoms with Crippen molar-refractivity contribution in [1.29, 1.82) is 0 Å². The van der Waals surface area contributed by atoms with Crippen LogP contribution in [0.3, 0.4) is 0 Å². The number of carboxylic acids is 1. The number of aliphatic hydroxyl groups is 1. The smallest absolute Gasteiger partial charge is 0.335 e. The van der Waals surface area contributed by atoms with E-state index in [-0.39, 0.29) is 11.8 Å². The molecule has 0 radical (unpaired) electrons. The molecule has 0 saturated heterocycles. The monoisotopic (exact) mass is 200 g/mol. The minimum absolute atomic E-state index is 0.108. The van der Waals surface area contributed by atoms with E-state index in [1.54, 1.807) is 0 Å². The van der Waals surface area contributed by atoms with E-state index in [0.29, 0.717) is 5.92 Å². The van der Waals surface area contributed by atoms with Crippen molar-refractivity contribution in [3.63, 3.8) is 0 Å². The number of hydrogen-bond acceptors (Lipinski definition) is 2. The molecule has 0 aromatic heterocycles. The first kappa shape index (κ1) is 11.5. The molecule has 0 amide bonds. The zero-order chi connectivity index (χ0) is 10.9. The van der Waals surface area contributed by atoms with Crippen LogP contribution in [0, 0.1) is 17.8 Å². The Balaban J connectivity index is 2.80. The maximum atomic E-state index is 10.9. The lowest BCUT2D eigenvalue weighted by Crippen LogP contribution is -2.48. The highest BCUT2D eigenvalue weighted by Crippen LogP contribution is 2.40. The topological polar surface area (TPSA) is 57.5 Å². The summed E-state index contributed by atoms with van der Waals surface area (Å²) in [5.74, 6) is -0.401. The molecule has 1 saturated carbocycles. The first-order valence-corrected chi connectivity index (χ1v) is 5.33. The third-order valence-electron chi connectivity index (χ3n) is 3.86. The highest BCUT2D eigenvalue weighted by molar-refractivity contribution is 5.77. The zero-order valence-corrected chi connectivity index (χ0v) is 9.16. The van der Waals surface area contributed by atoms with E-state index in [0.717, 1.165) is 19.3 Å². The third-order valence-corrected chi connectivity index (χ3v) is 3.86. The van der Waals surface area contributed by atoms with Gasteiger partial charge < -0.3 is 10.2 Å². The van der Waals surface area contributed by atoms with Gasteiger partial charge in [0.2, 0.25) is 0 Å². The van der Waals surface area contributed by atoms with Gasteiger partial charge in [0.25, 0.3) is 0 Å². The lowest BCUT2D eigenvalue weighted by atomic mass is 9.67. The van der Waals surface area contributed by atoms with Crippen molar-refractivity contribution in [2.45, 2.75) is 45.6 Å². The van der Waals surface area contributed by atoms with Gasteiger partial charge in [0.1, 0.15) is 0 Å². The Hall–Kier alpha value is -0.570. The van der Waals surface area contributed by atoms with E-state index >= 15 is 0 Å². The lowest BCUT2D eigenvalue weighted by Gasteiger charge is -2.40. The molecular weight excluding hydrogens is 180 g/mol. The molecular formula is C11H20O3. The van der Waals surface area contributed by atoms with E-state index in [1.807, 2.05) is 6.92 Å². The highest BCUT2D eigenvalue weighted by atomic mass is 16.4. The first-order valence-electron chi connectivity index (χ1n) is 5.33. The second-order valence-corrected chi connectivity index (χ2v) is 4.83. The molecule has 14 heavy (non-hydrogen) atoms. The van der Waals surface area contributed by atoms with Crippen LogP contribution in [0.5, 0.6) is 0 Å². The Labute approximate surface area is 85.1 Å². The molecule has 3 nitrogen and oxygen atoms in total. The zero-order valence-electron chi connectivity index (χ0n) is 9.16. The fourth-order valence-electron chi connectivity index (χ4n) is 2.53. The summed E-state index contributed by atoms with van der Waals surface area (Å²) in [6.45, 7) is 5.61. The van der Waals surface area contributed by atoms with Crippen LogP contribution in [0.2, 0.25) is 0 Å². The fourth-order valence-corrected chi connectivity index (χ4v) is 2.53. The van der Waals surface area contributed by atoms with Crippen molar-refractivity contribution < 1.29 is 15.0 Å². The van der Waals surface area contributed by atoms with Crippen molar-refractivity contribution in [3.8, 4) is 0 Å². The molecule has 1 aliphatic rings. The molecule has 0 aliphatic heterocycles.